The summed E-state index contributed by atoms with van der Waals surface area (Å²) in [6, 6.07) is 0. The van der Waals surface area contributed by atoms with Crippen molar-refractivity contribution in [2.45, 2.75) is 38.9 Å². The van der Waals surface area contributed by atoms with Crippen LogP contribution in [0.2, 0.25) is 0 Å². The largest absolute Gasteiger partial charge is 0.390 e. The summed E-state index contributed by atoms with van der Waals surface area (Å²) < 4.78 is 36.1. The number of rotatable bonds is 2. The van der Waals surface area contributed by atoms with Gasteiger partial charge in [-0.25, -0.2) is 0 Å². The van der Waals surface area contributed by atoms with E-state index in [0.29, 0.717) is 0 Å². The number of hydrogen-bond donors (Lipinski definition) is 0. The smallest absolute Gasteiger partial charge is 0.300 e. The molecule has 1 heterocycles. The second-order valence-corrected chi connectivity index (χ2v) is 5.36. The van der Waals surface area contributed by atoms with E-state index < -0.39 is 12.6 Å². The van der Waals surface area contributed by atoms with Crippen LogP contribution in [-0.4, -0.2) is 54.2 Å². The molecule has 0 spiro atoms. The molecule has 1 saturated heterocycles. The summed E-state index contributed by atoms with van der Waals surface area (Å²) in [6.45, 7) is 9.76. The van der Waals surface area contributed by atoms with Crippen LogP contribution in [-0.2, 0) is 0 Å². The van der Waals surface area contributed by atoms with Gasteiger partial charge in [0.1, 0.15) is 0 Å². The molecule has 16 heavy (non-hydrogen) atoms. The molecule has 2 nitrogen and oxygen atoms in total. The SMILES string of the molecule is CC(C)(C)N1CCN(CCC(F)(F)F)CC1. The zero-order valence-corrected chi connectivity index (χ0v) is 10.3. The van der Waals surface area contributed by atoms with Crippen LogP contribution in [0.5, 0.6) is 0 Å². The lowest BCUT2D eigenvalue weighted by Gasteiger charge is -2.42. The van der Waals surface area contributed by atoms with E-state index in [2.05, 4.69) is 25.7 Å². The number of alkyl halides is 3. The minimum absolute atomic E-state index is 0.121. The maximum atomic E-state index is 12.0. The van der Waals surface area contributed by atoms with Gasteiger partial charge >= 0.3 is 6.18 Å². The third-order valence-corrected chi connectivity index (χ3v) is 3.03. The minimum atomic E-state index is -4.03. The van der Waals surface area contributed by atoms with E-state index in [-0.39, 0.29) is 12.1 Å². The van der Waals surface area contributed by atoms with Crippen LogP contribution >= 0.6 is 0 Å². The van der Waals surface area contributed by atoms with Crippen molar-refractivity contribution >= 4 is 0 Å². The molecule has 0 bridgehead atoms. The van der Waals surface area contributed by atoms with Crippen LogP contribution in [0.3, 0.4) is 0 Å². The van der Waals surface area contributed by atoms with Crippen molar-refractivity contribution in [3.63, 3.8) is 0 Å². The zero-order chi connectivity index (χ0) is 12.4. The van der Waals surface area contributed by atoms with Gasteiger partial charge in [-0.15, -0.1) is 0 Å². The molecule has 1 rings (SSSR count). The van der Waals surface area contributed by atoms with Gasteiger partial charge in [0, 0.05) is 38.3 Å². The highest BCUT2D eigenvalue weighted by atomic mass is 19.4. The Balaban J connectivity index is 2.28. The maximum Gasteiger partial charge on any atom is 0.390 e. The van der Waals surface area contributed by atoms with E-state index in [9.17, 15) is 13.2 Å². The minimum Gasteiger partial charge on any atom is -0.300 e. The van der Waals surface area contributed by atoms with Crippen molar-refractivity contribution in [3.05, 3.63) is 0 Å². The van der Waals surface area contributed by atoms with Crippen LogP contribution in [0.15, 0.2) is 0 Å². The fraction of sp³-hybridized carbons (Fsp3) is 1.00. The number of halogens is 3. The first-order valence-electron chi connectivity index (χ1n) is 5.73. The summed E-state index contributed by atoms with van der Waals surface area (Å²) in [7, 11) is 0. The Morgan fingerprint density at radius 1 is 0.938 bits per heavy atom. The monoisotopic (exact) mass is 238 g/mol. The summed E-state index contributed by atoms with van der Waals surface area (Å²) in [5, 5.41) is 0. The van der Waals surface area contributed by atoms with Gasteiger partial charge in [-0.3, -0.25) is 4.90 Å². The molecule has 0 amide bonds. The molecule has 0 aliphatic carbocycles. The first kappa shape index (κ1) is 13.8. The van der Waals surface area contributed by atoms with Gasteiger partial charge in [-0.1, -0.05) is 0 Å². The Bertz CT molecular complexity index is 212. The molecule has 0 N–H and O–H groups in total. The highest BCUT2D eigenvalue weighted by Crippen LogP contribution is 2.21. The quantitative estimate of drug-likeness (QED) is 0.728. The highest BCUT2D eigenvalue weighted by Gasteiger charge is 2.30. The molecule has 0 atom stereocenters. The van der Waals surface area contributed by atoms with Crippen molar-refractivity contribution in [3.8, 4) is 0 Å². The molecule has 0 aromatic carbocycles. The molecule has 5 heteroatoms. The topological polar surface area (TPSA) is 6.48 Å². The van der Waals surface area contributed by atoms with Crippen LogP contribution in [0, 0.1) is 0 Å². The van der Waals surface area contributed by atoms with Gasteiger partial charge in [0.25, 0.3) is 0 Å². The number of piperazine rings is 1. The van der Waals surface area contributed by atoms with E-state index in [0.717, 1.165) is 26.2 Å². The van der Waals surface area contributed by atoms with E-state index in [1.165, 1.54) is 0 Å². The summed E-state index contributed by atoms with van der Waals surface area (Å²) in [4.78, 5) is 4.22. The van der Waals surface area contributed by atoms with Gasteiger partial charge in [-0.05, 0) is 20.8 Å². The maximum absolute atomic E-state index is 12.0. The Morgan fingerprint density at radius 3 is 1.81 bits per heavy atom. The van der Waals surface area contributed by atoms with Gasteiger partial charge in [0.15, 0.2) is 0 Å². The summed E-state index contributed by atoms with van der Waals surface area (Å²) >= 11 is 0. The molecular formula is C11H21F3N2. The predicted molar refractivity (Wildman–Crippen MR) is 58.4 cm³/mol. The Labute approximate surface area is 95.4 Å². The normalized spacial score (nSPS) is 21.4. The van der Waals surface area contributed by atoms with Crippen LogP contribution < -0.4 is 0 Å². The fourth-order valence-corrected chi connectivity index (χ4v) is 1.93. The van der Waals surface area contributed by atoms with Gasteiger partial charge < -0.3 is 4.90 Å². The average molecular weight is 238 g/mol. The van der Waals surface area contributed by atoms with Crippen LogP contribution in [0.1, 0.15) is 27.2 Å². The summed E-state index contributed by atoms with van der Waals surface area (Å²) in [5.41, 5.74) is 0.121. The number of hydrogen-bond acceptors (Lipinski definition) is 2. The van der Waals surface area contributed by atoms with Crippen molar-refractivity contribution in [1.29, 1.82) is 0 Å². The van der Waals surface area contributed by atoms with E-state index in [4.69, 9.17) is 0 Å². The van der Waals surface area contributed by atoms with E-state index >= 15 is 0 Å². The predicted octanol–water partition coefficient (Wildman–Crippen LogP) is 2.35. The number of nitrogens with zero attached hydrogens (tertiary/aromatic N) is 2. The zero-order valence-electron chi connectivity index (χ0n) is 10.3. The molecule has 1 aliphatic rings. The van der Waals surface area contributed by atoms with E-state index in [1.54, 1.807) is 0 Å². The second kappa shape index (κ2) is 4.92. The first-order chi connectivity index (χ1) is 7.18. The molecular weight excluding hydrogens is 217 g/mol. The fourth-order valence-electron chi connectivity index (χ4n) is 1.93. The highest BCUT2D eigenvalue weighted by molar-refractivity contribution is 4.81. The molecule has 0 unspecified atom stereocenters. The van der Waals surface area contributed by atoms with Gasteiger partial charge in [0.05, 0.1) is 6.42 Å². The van der Waals surface area contributed by atoms with Gasteiger partial charge in [-0.2, -0.15) is 13.2 Å². The first-order valence-corrected chi connectivity index (χ1v) is 5.73. The van der Waals surface area contributed by atoms with E-state index in [1.807, 2.05) is 4.90 Å². The standard InChI is InChI=1S/C11H21F3N2/c1-10(2,3)16-8-6-15(7-9-16)5-4-11(12,13)14/h4-9H2,1-3H3. The Kier molecular flexibility index (Phi) is 4.23. The summed E-state index contributed by atoms with van der Waals surface area (Å²) in [6.07, 6.45) is -4.72. The average Bonchev–Trinajstić information content (AvgIpc) is 2.13. The molecule has 1 fully saturated rings. The van der Waals surface area contributed by atoms with Gasteiger partial charge in [0.2, 0.25) is 0 Å². The van der Waals surface area contributed by atoms with Crippen molar-refractivity contribution in [2.24, 2.45) is 0 Å². The Morgan fingerprint density at radius 2 is 1.44 bits per heavy atom. The third kappa shape index (κ3) is 4.70. The van der Waals surface area contributed by atoms with Crippen molar-refractivity contribution in [1.82, 2.24) is 9.80 Å². The molecule has 0 aromatic heterocycles. The lowest BCUT2D eigenvalue weighted by atomic mass is 10.0. The molecule has 0 aromatic rings. The lowest BCUT2D eigenvalue weighted by Crippen LogP contribution is -2.53. The van der Waals surface area contributed by atoms with Crippen molar-refractivity contribution in [2.75, 3.05) is 32.7 Å². The Hall–Kier alpha value is -0.290. The summed E-state index contributed by atoms with van der Waals surface area (Å²) in [5.74, 6) is 0. The molecule has 0 saturated carbocycles. The molecule has 1 aliphatic heterocycles. The van der Waals surface area contributed by atoms with Crippen LogP contribution in [0.25, 0.3) is 0 Å². The molecule has 0 radical (unpaired) electrons. The lowest BCUT2D eigenvalue weighted by molar-refractivity contribution is -0.139. The van der Waals surface area contributed by atoms with Crippen molar-refractivity contribution < 1.29 is 13.2 Å². The second-order valence-electron chi connectivity index (χ2n) is 5.36. The molecule has 96 valence electrons. The third-order valence-electron chi connectivity index (χ3n) is 3.03. The van der Waals surface area contributed by atoms with Crippen LogP contribution in [0.4, 0.5) is 13.2 Å².